The second-order valence-corrected chi connectivity index (χ2v) is 6.17. The fourth-order valence-corrected chi connectivity index (χ4v) is 2.89. The average Bonchev–Trinajstić information content (AvgIpc) is 3.08. The Bertz CT molecular complexity index is 936. The van der Waals surface area contributed by atoms with Crippen molar-refractivity contribution in [1.82, 2.24) is 9.88 Å². The lowest BCUT2D eigenvalue weighted by Crippen LogP contribution is -2.37. The molecular formula is C17H15ClN2O6. The number of nitrogens with one attached hydrogen (secondary N) is 1. The molecule has 0 saturated carbocycles. The number of aromatic hydroxyl groups is 1. The van der Waals surface area contributed by atoms with Crippen LogP contribution in [-0.2, 0) is 29.3 Å². The Morgan fingerprint density at radius 3 is 2.58 bits per heavy atom. The Kier molecular flexibility index (Phi) is 4.97. The summed E-state index contributed by atoms with van der Waals surface area (Å²) in [7, 11) is 0. The van der Waals surface area contributed by atoms with E-state index < -0.39 is 35.3 Å². The van der Waals surface area contributed by atoms with Gasteiger partial charge in [0.1, 0.15) is 17.9 Å². The number of carbonyl (C=O) groups excluding carboxylic acids is 1. The van der Waals surface area contributed by atoms with E-state index in [1.807, 2.05) is 0 Å². The van der Waals surface area contributed by atoms with Gasteiger partial charge in [-0.05, 0) is 17.7 Å². The Labute approximate surface area is 152 Å². The minimum atomic E-state index is -1.26. The number of halogens is 1. The van der Waals surface area contributed by atoms with Crippen molar-refractivity contribution in [3.05, 3.63) is 62.0 Å². The number of benzene rings is 1. The maximum absolute atomic E-state index is 12.8. The van der Waals surface area contributed by atoms with E-state index in [2.05, 4.69) is 5.32 Å². The molecule has 0 unspecified atom stereocenters. The summed E-state index contributed by atoms with van der Waals surface area (Å²) < 4.78 is 6.66. The predicted octanol–water partition coefficient (Wildman–Crippen LogP) is 1.10. The summed E-state index contributed by atoms with van der Waals surface area (Å²) in [5.41, 5.74) is 0.388. The fraction of sp³-hybridized carbons (Fsp3) is 0.235. The number of carboxylic acid groups (broad SMARTS) is 1. The number of fused-ring (bicyclic) bond motifs is 1. The lowest BCUT2D eigenvalue weighted by molar-refractivity contribution is -0.135. The van der Waals surface area contributed by atoms with E-state index in [-0.39, 0.29) is 19.8 Å². The molecule has 1 aromatic carbocycles. The lowest BCUT2D eigenvalue weighted by Gasteiger charge is -2.15. The summed E-state index contributed by atoms with van der Waals surface area (Å²) >= 11 is 5.87. The molecule has 1 aliphatic heterocycles. The molecule has 26 heavy (non-hydrogen) atoms. The quantitative estimate of drug-likeness (QED) is 0.717. The smallest absolute Gasteiger partial charge is 0.322 e. The fourth-order valence-electron chi connectivity index (χ4n) is 2.76. The van der Waals surface area contributed by atoms with Gasteiger partial charge in [0.15, 0.2) is 0 Å². The first-order valence-corrected chi connectivity index (χ1v) is 8.06. The van der Waals surface area contributed by atoms with Gasteiger partial charge < -0.3 is 24.8 Å². The third-order valence-electron chi connectivity index (χ3n) is 4.02. The van der Waals surface area contributed by atoms with Crippen LogP contribution in [0.5, 0.6) is 5.75 Å². The highest BCUT2D eigenvalue weighted by atomic mass is 35.5. The number of aliphatic carboxylic acids is 1. The third-order valence-corrected chi connectivity index (χ3v) is 4.27. The van der Waals surface area contributed by atoms with Crippen molar-refractivity contribution in [2.45, 2.75) is 19.8 Å². The number of carbonyl (C=O) groups is 2. The molecule has 2 heterocycles. The summed E-state index contributed by atoms with van der Waals surface area (Å²) in [6, 6.07) is 6.85. The molecule has 2 aromatic rings. The number of pyridine rings is 1. The molecule has 1 aromatic heterocycles. The van der Waals surface area contributed by atoms with Gasteiger partial charge in [0.05, 0.1) is 25.5 Å². The first kappa shape index (κ1) is 18.0. The number of rotatable bonds is 5. The Morgan fingerprint density at radius 1 is 1.23 bits per heavy atom. The third kappa shape index (κ3) is 3.42. The lowest BCUT2D eigenvalue weighted by atomic mass is 10.1. The van der Waals surface area contributed by atoms with Crippen molar-refractivity contribution in [1.29, 1.82) is 0 Å². The van der Waals surface area contributed by atoms with Crippen LogP contribution in [0.1, 0.15) is 27.2 Å². The molecule has 0 aliphatic carbocycles. The predicted molar refractivity (Wildman–Crippen MR) is 91.4 cm³/mol. The molecule has 8 nitrogen and oxygen atoms in total. The molecular weight excluding hydrogens is 364 g/mol. The summed E-state index contributed by atoms with van der Waals surface area (Å²) in [5.74, 6) is -2.68. The van der Waals surface area contributed by atoms with E-state index in [1.54, 1.807) is 24.3 Å². The first-order valence-electron chi connectivity index (χ1n) is 7.68. The average molecular weight is 379 g/mol. The number of hydrogen-bond acceptors (Lipinski definition) is 5. The van der Waals surface area contributed by atoms with E-state index in [9.17, 15) is 19.5 Å². The molecule has 0 fully saturated rings. The topological polar surface area (TPSA) is 118 Å². The van der Waals surface area contributed by atoms with Gasteiger partial charge in [-0.3, -0.25) is 14.4 Å². The van der Waals surface area contributed by atoms with Crippen LogP contribution >= 0.6 is 11.6 Å². The highest BCUT2D eigenvalue weighted by Crippen LogP contribution is 2.30. The Hall–Kier alpha value is -2.84. The van der Waals surface area contributed by atoms with E-state index in [0.717, 1.165) is 5.56 Å². The Morgan fingerprint density at radius 2 is 1.92 bits per heavy atom. The number of hydrogen-bond donors (Lipinski definition) is 3. The molecule has 136 valence electrons. The van der Waals surface area contributed by atoms with Crippen LogP contribution in [0.15, 0.2) is 29.1 Å². The monoisotopic (exact) mass is 378 g/mol. The summed E-state index contributed by atoms with van der Waals surface area (Å²) in [6.07, 6.45) is 0. The standard InChI is InChI=1S/C17H15ClN2O6/c18-10-3-1-9(2-4-10)6-20-12-8-26-7-11(12)15(23)14(17(20)25)16(24)19-5-13(21)22/h1-4,23H,5-8H2,(H,19,24)(H,21,22). The summed E-state index contributed by atoms with van der Waals surface area (Å²) in [5, 5.41) is 21.7. The second-order valence-electron chi connectivity index (χ2n) is 5.74. The van der Waals surface area contributed by atoms with Gasteiger partial charge in [-0.25, -0.2) is 0 Å². The van der Waals surface area contributed by atoms with Crippen molar-refractivity contribution >= 4 is 23.5 Å². The molecule has 0 saturated heterocycles. The minimum Gasteiger partial charge on any atom is -0.506 e. The van der Waals surface area contributed by atoms with Gasteiger partial charge >= 0.3 is 5.97 Å². The SMILES string of the molecule is O=C(O)CNC(=O)c1c(O)c2c(n(Cc3ccc(Cl)cc3)c1=O)COC2. The highest BCUT2D eigenvalue weighted by molar-refractivity contribution is 6.30. The van der Waals surface area contributed by atoms with Crippen molar-refractivity contribution in [2.24, 2.45) is 0 Å². The zero-order chi connectivity index (χ0) is 18.8. The van der Waals surface area contributed by atoms with E-state index in [0.29, 0.717) is 16.3 Å². The van der Waals surface area contributed by atoms with Crippen molar-refractivity contribution in [3.8, 4) is 5.75 Å². The normalized spacial score (nSPS) is 12.7. The number of ether oxygens (including phenoxy) is 1. The number of nitrogens with zero attached hydrogens (tertiary/aromatic N) is 1. The number of aromatic nitrogens is 1. The van der Waals surface area contributed by atoms with Gasteiger partial charge in [0, 0.05) is 10.6 Å². The van der Waals surface area contributed by atoms with Crippen LogP contribution < -0.4 is 10.9 Å². The number of amides is 1. The molecule has 0 bridgehead atoms. The van der Waals surface area contributed by atoms with Gasteiger partial charge in [-0.2, -0.15) is 0 Å². The largest absolute Gasteiger partial charge is 0.506 e. The maximum atomic E-state index is 12.8. The molecule has 3 rings (SSSR count). The molecule has 0 radical (unpaired) electrons. The van der Waals surface area contributed by atoms with Crippen LogP contribution in [-0.4, -0.2) is 33.2 Å². The maximum Gasteiger partial charge on any atom is 0.322 e. The van der Waals surface area contributed by atoms with Crippen LogP contribution in [0.4, 0.5) is 0 Å². The molecule has 1 aliphatic rings. The van der Waals surface area contributed by atoms with Crippen LogP contribution in [0, 0.1) is 0 Å². The van der Waals surface area contributed by atoms with Gasteiger partial charge in [-0.15, -0.1) is 0 Å². The van der Waals surface area contributed by atoms with Crippen LogP contribution in [0.25, 0.3) is 0 Å². The van der Waals surface area contributed by atoms with E-state index >= 15 is 0 Å². The van der Waals surface area contributed by atoms with Crippen LogP contribution in [0.2, 0.25) is 5.02 Å². The van der Waals surface area contributed by atoms with Crippen molar-refractivity contribution in [3.63, 3.8) is 0 Å². The minimum absolute atomic E-state index is 0.0568. The zero-order valence-corrected chi connectivity index (χ0v) is 14.2. The van der Waals surface area contributed by atoms with Crippen LogP contribution in [0.3, 0.4) is 0 Å². The molecule has 0 atom stereocenters. The second kappa shape index (κ2) is 7.19. The first-order chi connectivity index (χ1) is 12.4. The van der Waals surface area contributed by atoms with Crippen molar-refractivity contribution < 1.29 is 24.5 Å². The van der Waals surface area contributed by atoms with Crippen molar-refractivity contribution in [2.75, 3.05) is 6.54 Å². The summed E-state index contributed by atoms with van der Waals surface area (Å²) in [4.78, 5) is 35.7. The molecule has 3 N–H and O–H groups in total. The summed E-state index contributed by atoms with van der Waals surface area (Å²) in [6.45, 7) is -0.326. The van der Waals surface area contributed by atoms with Gasteiger partial charge in [-0.1, -0.05) is 23.7 Å². The van der Waals surface area contributed by atoms with Gasteiger partial charge in [0.2, 0.25) is 0 Å². The molecule has 9 heteroatoms. The zero-order valence-electron chi connectivity index (χ0n) is 13.5. The van der Waals surface area contributed by atoms with Gasteiger partial charge in [0.25, 0.3) is 11.5 Å². The van der Waals surface area contributed by atoms with E-state index in [4.69, 9.17) is 21.4 Å². The highest BCUT2D eigenvalue weighted by Gasteiger charge is 2.29. The Balaban J connectivity index is 2.06. The molecule has 1 amide bonds. The molecule has 0 spiro atoms. The van der Waals surface area contributed by atoms with E-state index in [1.165, 1.54) is 4.57 Å². The number of carboxylic acids is 1.